The molecule has 4 N–H and O–H groups in total. The Morgan fingerprint density at radius 3 is 2.30 bits per heavy atom. The summed E-state index contributed by atoms with van der Waals surface area (Å²) in [5, 5.41) is 30.9. The molecule has 0 aromatic rings. The monoisotopic (exact) mass is 283 g/mol. The molecule has 0 fully saturated rings. The summed E-state index contributed by atoms with van der Waals surface area (Å²) in [5.74, 6) is -3.36. The van der Waals surface area contributed by atoms with Gasteiger partial charge in [0.05, 0.1) is 6.42 Å². The summed E-state index contributed by atoms with van der Waals surface area (Å²) in [6.07, 6.45) is 0.901. The summed E-state index contributed by atoms with van der Waals surface area (Å²) in [5.41, 5.74) is -0.317. The lowest BCUT2D eigenvalue weighted by atomic mass is 10.0. The highest BCUT2D eigenvalue weighted by Crippen LogP contribution is 2.03. The van der Waals surface area contributed by atoms with Crippen molar-refractivity contribution in [2.45, 2.75) is 26.3 Å². The molecule has 20 heavy (non-hydrogen) atoms. The molecular weight excluding hydrogens is 266 g/mol. The summed E-state index contributed by atoms with van der Waals surface area (Å²) < 4.78 is 0. The predicted octanol–water partition coefficient (Wildman–Crippen LogP) is -0.316. The number of carbonyl (C=O) groups excluding carboxylic acids is 1. The first kappa shape index (κ1) is 17.4. The van der Waals surface area contributed by atoms with Crippen molar-refractivity contribution in [2.24, 2.45) is 5.92 Å². The Kier molecular flexibility index (Phi) is 7.43. The summed E-state index contributed by atoms with van der Waals surface area (Å²) in [6, 6.07) is 0.521. The van der Waals surface area contributed by atoms with E-state index in [4.69, 9.17) is 15.5 Å². The highest BCUT2D eigenvalue weighted by molar-refractivity contribution is 5.99. The lowest BCUT2D eigenvalue weighted by Gasteiger charge is -2.17. The fraction of sp³-hybridized carbons (Fsp3) is 0.500. The Labute approximate surface area is 116 Å². The fourth-order valence-electron chi connectivity index (χ4n) is 1.23. The van der Waals surface area contributed by atoms with E-state index in [1.165, 1.54) is 0 Å². The Balaban J connectivity index is 4.62. The highest BCUT2D eigenvalue weighted by atomic mass is 16.4. The zero-order valence-electron chi connectivity index (χ0n) is 11.2. The maximum Gasteiger partial charge on any atom is 0.326 e. The molecule has 1 atom stereocenters. The largest absolute Gasteiger partial charge is 0.481 e. The van der Waals surface area contributed by atoms with Crippen LogP contribution in [0.2, 0.25) is 0 Å². The normalized spacial score (nSPS) is 12.4. The van der Waals surface area contributed by atoms with Crippen LogP contribution in [0.15, 0.2) is 11.8 Å². The first-order chi connectivity index (χ1) is 9.29. The molecule has 0 bridgehead atoms. The zero-order chi connectivity index (χ0) is 15.7. The van der Waals surface area contributed by atoms with Gasteiger partial charge in [-0.05, 0) is 5.92 Å². The third-order valence-electron chi connectivity index (χ3n) is 2.31. The van der Waals surface area contributed by atoms with Crippen LogP contribution >= 0.6 is 0 Å². The Morgan fingerprint density at radius 1 is 1.30 bits per heavy atom. The Hall–Kier alpha value is -2.56. The van der Waals surface area contributed by atoms with Crippen molar-refractivity contribution in [2.75, 3.05) is 6.54 Å². The molecule has 0 radical (unpaired) electrons. The number of nitriles is 1. The van der Waals surface area contributed by atoms with E-state index in [1.54, 1.807) is 19.9 Å². The Bertz CT molecular complexity index is 450. The fourth-order valence-corrected chi connectivity index (χ4v) is 1.23. The first-order valence-electron chi connectivity index (χ1n) is 5.88. The van der Waals surface area contributed by atoms with Gasteiger partial charge in [0.1, 0.15) is 17.7 Å². The van der Waals surface area contributed by atoms with Crippen molar-refractivity contribution in [3.63, 3.8) is 0 Å². The van der Waals surface area contributed by atoms with Crippen molar-refractivity contribution in [3.05, 3.63) is 11.8 Å². The zero-order valence-corrected chi connectivity index (χ0v) is 11.2. The van der Waals surface area contributed by atoms with Gasteiger partial charge >= 0.3 is 11.9 Å². The molecule has 8 nitrogen and oxygen atoms in total. The number of hydrogen-bond acceptors (Lipinski definition) is 5. The van der Waals surface area contributed by atoms with Gasteiger partial charge in [-0.15, -0.1) is 0 Å². The number of rotatable bonds is 8. The molecule has 0 aliphatic carbocycles. The van der Waals surface area contributed by atoms with E-state index < -0.39 is 23.9 Å². The molecule has 0 aromatic carbocycles. The average molecular weight is 283 g/mol. The summed E-state index contributed by atoms with van der Waals surface area (Å²) in [7, 11) is 0. The third-order valence-corrected chi connectivity index (χ3v) is 2.31. The number of nitrogens with zero attached hydrogens (tertiary/aromatic N) is 1. The van der Waals surface area contributed by atoms with E-state index in [0.29, 0.717) is 0 Å². The van der Waals surface area contributed by atoms with Gasteiger partial charge in [-0.1, -0.05) is 13.8 Å². The summed E-state index contributed by atoms with van der Waals surface area (Å²) in [6.45, 7) is 3.31. The molecular formula is C12H17N3O5. The number of aliphatic carboxylic acids is 2. The topological polar surface area (TPSA) is 140 Å². The number of carbonyl (C=O) groups is 3. The summed E-state index contributed by atoms with van der Waals surface area (Å²) in [4.78, 5) is 32.9. The molecule has 1 unspecified atom stereocenters. The van der Waals surface area contributed by atoms with Crippen molar-refractivity contribution < 1.29 is 24.6 Å². The van der Waals surface area contributed by atoms with Gasteiger partial charge in [0.25, 0.3) is 5.91 Å². The molecule has 0 aliphatic heterocycles. The average Bonchev–Trinajstić information content (AvgIpc) is 2.34. The van der Waals surface area contributed by atoms with Crippen LogP contribution in [0.5, 0.6) is 0 Å². The molecule has 0 aliphatic rings. The van der Waals surface area contributed by atoms with Gasteiger partial charge in [0.2, 0.25) is 0 Å². The molecule has 0 saturated carbocycles. The van der Waals surface area contributed by atoms with E-state index >= 15 is 0 Å². The summed E-state index contributed by atoms with van der Waals surface area (Å²) >= 11 is 0. The van der Waals surface area contributed by atoms with Crippen LogP contribution in [0.25, 0.3) is 0 Å². The number of nitrogens with one attached hydrogen (secondary N) is 2. The van der Waals surface area contributed by atoms with Crippen LogP contribution in [-0.2, 0) is 14.4 Å². The second-order valence-electron chi connectivity index (χ2n) is 4.30. The van der Waals surface area contributed by atoms with E-state index in [0.717, 1.165) is 6.20 Å². The smallest absolute Gasteiger partial charge is 0.326 e. The molecule has 110 valence electrons. The van der Waals surface area contributed by atoms with Gasteiger partial charge in [-0.2, -0.15) is 5.26 Å². The number of amides is 1. The van der Waals surface area contributed by atoms with E-state index in [9.17, 15) is 14.4 Å². The lowest BCUT2D eigenvalue weighted by Crippen LogP contribution is -2.44. The van der Waals surface area contributed by atoms with E-state index in [1.807, 2.05) is 0 Å². The maximum atomic E-state index is 11.7. The van der Waals surface area contributed by atoms with Crippen molar-refractivity contribution in [1.29, 1.82) is 5.26 Å². The number of carboxylic acids is 2. The minimum absolute atomic E-state index is 0.0559. The van der Waals surface area contributed by atoms with E-state index in [-0.39, 0.29) is 24.5 Å². The highest BCUT2D eigenvalue weighted by Gasteiger charge is 2.24. The van der Waals surface area contributed by atoms with Crippen LogP contribution in [-0.4, -0.2) is 40.6 Å². The molecule has 8 heteroatoms. The predicted molar refractivity (Wildman–Crippen MR) is 68.4 cm³/mol. The third kappa shape index (κ3) is 6.39. The minimum Gasteiger partial charge on any atom is -0.481 e. The van der Waals surface area contributed by atoms with Crippen molar-refractivity contribution in [3.8, 4) is 6.07 Å². The molecule has 0 rings (SSSR count). The minimum atomic E-state index is -1.19. The van der Waals surface area contributed by atoms with Crippen LogP contribution in [0.3, 0.4) is 0 Å². The van der Waals surface area contributed by atoms with Crippen molar-refractivity contribution >= 4 is 17.8 Å². The van der Waals surface area contributed by atoms with Crippen LogP contribution < -0.4 is 10.6 Å². The van der Waals surface area contributed by atoms with Gasteiger partial charge in [0, 0.05) is 12.7 Å². The quantitative estimate of drug-likeness (QED) is 0.272. The Morgan fingerprint density at radius 2 is 1.90 bits per heavy atom. The lowest BCUT2D eigenvalue weighted by molar-refractivity contribution is -0.142. The van der Waals surface area contributed by atoms with E-state index in [2.05, 4.69) is 10.6 Å². The molecule has 0 saturated heterocycles. The van der Waals surface area contributed by atoms with Gasteiger partial charge in [-0.3, -0.25) is 9.59 Å². The molecule has 0 spiro atoms. The van der Waals surface area contributed by atoms with Gasteiger partial charge in [0.15, 0.2) is 0 Å². The first-order valence-corrected chi connectivity index (χ1v) is 5.88. The maximum absolute atomic E-state index is 11.7. The van der Waals surface area contributed by atoms with Crippen LogP contribution in [0.1, 0.15) is 20.3 Å². The SMILES string of the molecule is CC(C)C(NC(=O)/C(C#N)=C\NCCC(=O)O)C(=O)O. The van der Waals surface area contributed by atoms with Gasteiger partial charge < -0.3 is 20.8 Å². The van der Waals surface area contributed by atoms with Gasteiger partial charge in [-0.25, -0.2) is 4.79 Å². The molecule has 0 aromatic heterocycles. The number of carboxylic acid groups (broad SMARTS) is 2. The van der Waals surface area contributed by atoms with Crippen LogP contribution in [0, 0.1) is 17.2 Å². The van der Waals surface area contributed by atoms with Crippen LogP contribution in [0.4, 0.5) is 0 Å². The second-order valence-corrected chi connectivity index (χ2v) is 4.30. The second kappa shape index (κ2) is 8.53. The van der Waals surface area contributed by atoms with Crippen molar-refractivity contribution in [1.82, 2.24) is 10.6 Å². The molecule has 1 amide bonds. The molecule has 0 heterocycles. The number of hydrogen-bond donors (Lipinski definition) is 4. The standard InChI is InChI=1S/C12H17N3O5/c1-7(2)10(12(19)20)15-11(18)8(5-13)6-14-4-3-9(16)17/h6-7,10,14H,3-4H2,1-2H3,(H,15,18)(H,16,17)(H,19,20)/b8-6-.